The summed E-state index contributed by atoms with van der Waals surface area (Å²) in [4.78, 5) is 2.29. The fraction of sp³-hybridized carbons (Fsp3) is 0.474. The molecule has 4 heterocycles. The van der Waals surface area contributed by atoms with E-state index in [2.05, 4.69) is 28.1 Å². The van der Waals surface area contributed by atoms with E-state index in [-0.39, 0.29) is 0 Å². The minimum Gasteiger partial charge on any atom is -0.497 e. The van der Waals surface area contributed by atoms with Gasteiger partial charge in [0, 0.05) is 40.9 Å². The lowest BCUT2D eigenvalue weighted by molar-refractivity contribution is -0.752. The molecule has 1 fully saturated rings. The molecule has 0 saturated carbocycles. The van der Waals surface area contributed by atoms with Crippen molar-refractivity contribution in [3.8, 4) is 11.5 Å². The summed E-state index contributed by atoms with van der Waals surface area (Å²) in [6.45, 7) is 7.46. The van der Waals surface area contributed by atoms with E-state index in [1.54, 1.807) is 30.6 Å². The number of morpholine rings is 1. The van der Waals surface area contributed by atoms with Gasteiger partial charge in [0.25, 0.3) is 11.4 Å². The molecule has 152 valence electrons. The molecule has 0 amide bonds. The summed E-state index contributed by atoms with van der Waals surface area (Å²) in [5, 5.41) is 11.4. The molecule has 1 unspecified atom stereocenters. The lowest BCUT2D eigenvalue weighted by Gasteiger charge is -2.26. The monoisotopic (exact) mass is 433 g/mol. The molecule has 0 bridgehead atoms. The van der Waals surface area contributed by atoms with Crippen LogP contribution in [0, 0.1) is 0 Å². The first-order valence-electron chi connectivity index (χ1n) is 9.64. The molecule has 1 aromatic rings. The summed E-state index contributed by atoms with van der Waals surface area (Å²) < 4.78 is 20.5. The second-order valence-corrected chi connectivity index (χ2v) is 9.41. The van der Waals surface area contributed by atoms with Crippen molar-refractivity contribution in [2.24, 2.45) is 10.2 Å². The molecule has 1 spiro atoms. The molecule has 1 saturated heterocycles. The normalized spacial score (nSPS) is 25.8. The predicted molar refractivity (Wildman–Crippen MR) is 115 cm³/mol. The topological polar surface area (TPSA) is 61.7 Å². The van der Waals surface area contributed by atoms with Crippen LogP contribution in [0.15, 0.2) is 34.5 Å². The number of ether oxygens (including phenoxy) is 3. The van der Waals surface area contributed by atoms with Gasteiger partial charge in [0.15, 0.2) is 0 Å². The van der Waals surface area contributed by atoms with Gasteiger partial charge in [0.2, 0.25) is 5.17 Å². The van der Waals surface area contributed by atoms with E-state index in [9.17, 15) is 0 Å². The van der Waals surface area contributed by atoms with Crippen molar-refractivity contribution in [1.29, 1.82) is 0 Å². The van der Waals surface area contributed by atoms with Gasteiger partial charge in [-0.3, -0.25) is 0 Å². The number of thioether (sulfide) groups is 2. The maximum Gasteiger partial charge on any atom is 0.524 e. The van der Waals surface area contributed by atoms with E-state index in [1.807, 2.05) is 24.3 Å². The van der Waals surface area contributed by atoms with Gasteiger partial charge in [0.05, 0.1) is 37.2 Å². The molecule has 4 aliphatic heterocycles. The molecule has 29 heavy (non-hydrogen) atoms. The van der Waals surface area contributed by atoms with Crippen LogP contribution in [-0.2, 0) is 4.74 Å². The summed E-state index contributed by atoms with van der Waals surface area (Å²) in [6.07, 6.45) is 0.882. The Hall–Kier alpha value is -2.04. The molecular weight excluding hydrogens is 410 g/mol. The molecule has 10 heteroatoms. The van der Waals surface area contributed by atoms with Gasteiger partial charge in [0.1, 0.15) is 23.3 Å². The maximum absolute atomic E-state index is 6.09. The minimum atomic E-state index is -0.481. The van der Waals surface area contributed by atoms with Crippen molar-refractivity contribution in [1.82, 2.24) is 4.90 Å². The Labute approximate surface area is 177 Å². The number of hydrazone groups is 2. The number of nitrogens with zero attached hydrogens (tertiary/aromatic N) is 5. The summed E-state index contributed by atoms with van der Waals surface area (Å²) >= 11 is 3.32. The Morgan fingerprint density at radius 2 is 1.83 bits per heavy atom. The zero-order valence-electron chi connectivity index (χ0n) is 16.6. The molecule has 5 rings (SSSR count). The van der Waals surface area contributed by atoms with Crippen LogP contribution >= 0.6 is 23.5 Å². The van der Waals surface area contributed by atoms with Crippen LogP contribution < -0.4 is 9.47 Å². The van der Waals surface area contributed by atoms with Gasteiger partial charge in [-0.2, -0.15) is 0 Å². The Balaban J connectivity index is 1.43. The third-order valence-corrected chi connectivity index (χ3v) is 7.80. The van der Waals surface area contributed by atoms with E-state index in [1.165, 1.54) is 5.71 Å². The van der Waals surface area contributed by atoms with Gasteiger partial charge in [-0.1, -0.05) is 6.92 Å². The second-order valence-electron chi connectivity index (χ2n) is 6.89. The summed E-state index contributed by atoms with van der Waals surface area (Å²) in [6, 6.07) is 7.54. The first-order valence-corrected chi connectivity index (χ1v) is 11.3. The van der Waals surface area contributed by atoms with Crippen LogP contribution in [0.1, 0.15) is 20.3 Å². The Morgan fingerprint density at radius 1 is 1.10 bits per heavy atom. The average Bonchev–Trinajstić information content (AvgIpc) is 3.36. The highest BCUT2D eigenvalue weighted by Gasteiger charge is 2.74. The first kappa shape index (κ1) is 19.0. The van der Waals surface area contributed by atoms with Gasteiger partial charge in [-0.05, 0) is 24.3 Å². The van der Waals surface area contributed by atoms with Crippen LogP contribution in [0.2, 0.25) is 0 Å². The number of methoxy groups -OCH3 is 1. The number of hydrogen-bond donors (Lipinski definition) is 0. The summed E-state index contributed by atoms with van der Waals surface area (Å²) in [5.74, 6) is 1.53. The Bertz CT molecular complexity index is 967. The van der Waals surface area contributed by atoms with E-state index in [0.29, 0.717) is 5.23 Å². The highest BCUT2D eigenvalue weighted by Crippen LogP contribution is 2.51. The van der Waals surface area contributed by atoms with Crippen molar-refractivity contribution >= 4 is 45.3 Å². The fourth-order valence-corrected chi connectivity index (χ4v) is 6.49. The SMILES string of the molecule is CCC1=[N+]2N=C(Oc3ccc(OC)cc3)SC23SC(N2CCOCC2)=N[N+]3=C1C. The molecule has 1 atom stereocenters. The zero-order valence-corrected chi connectivity index (χ0v) is 18.3. The van der Waals surface area contributed by atoms with Crippen LogP contribution in [0.25, 0.3) is 0 Å². The van der Waals surface area contributed by atoms with Crippen LogP contribution in [0.5, 0.6) is 11.5 Å². The number of rotatable bonds is 3. The van der Waals surface area contributed by atoms with Crippen LogP contribution in [-0.4, -0.2) is 73.8 Å². The minimum absolute atomic E-state index is 0.481. The first-order chi connectivity index (χ1) is 14.1. The third kappa shape index (κ3) is 3.04. The van der Waals surface area contributed by atoms with Gasteiger partial charge >= 0.3 is 9.56 Å². The number of amidine groups is 1. The standard InChI is InChI=1S/C19H23N5O3S2/c1-4-16-13(2)23-19(28-17(20-23)22-9-11-26-12-10-22)24(16)21-18(29-19)27-15-7-5-14(25-3)6-8-15/h5-8H,4,9-12H2,1-3H3/q+2. The number of benzene rings is 1. The molecule has 0 aliphatic carbocycles. The van der Waals surface area contributed by atoms with E-state index in [0.717, 1.165) is 55.1 Å². The van der Waals surface area contributed by atoms with Crippen LogP contribution in [0.3, 0.4) is 0 Å². The number of hydrogen-bond acceptors (Lipinski definition) is 8. The molecule has 1 aromatic carbocycles. The van der Waals surface area contributed by atoms with Gasteiger partial charge < -0.3 is 19.1 Å². The van der Waals surface area contributed by atoms with Crippen molar-refractivity contribution in [3.63, 3.8) is 0 Å². The predicted octanol–water partition coefficient (Wildman–Crippen LogP) is 2.40. The van der Waals surface area contributed by atoms with Crippen molar-refractivity contribution in [2.75, 3.05) is 33.4 Å². The van der Waals surface area contributed by atoms with E-state index < -0.39 is 4.33 Å². The third-order valence-electron chi connectivity index (χ3n) is 5.22. The average molecular weight is 434 g/mol. The van der Waals surface area contributed by atoms with Gasteiger partial charge in [-0.25, -0.2) is 0 Å². The van der Waals surface area contributed by atoms with Crippen molar-refractivity contribution < 1.29 is 23.6 Å². The molecular formula is C19H23N5O3S2+2. The maximum atomic E-state index is 6.09. The zero-order chi connectivity index (χ0) is 20.0. The Kier molecular flexibility index (Phi) is 4.79. The molecule has 4 aliphatic rings. The fourth-order valence-electron chi connectivity index (χ4n) is 3.72. The lowest BCUT2D eigenvalue weighted by atomic mass is 10.2. The lowest BCUT2D eigenvalue weighted by Crippen LogP contribution is -2.40. The molecule has 0 radical (unpaired) electrons. The van der Waals surface area contributed by atoms with Crippen molar-refractivity contribution in [2.45, 2.75) is 24.6 Å². The molecule has 0 N–H and O–H groups in total. The summed E-state index contributed by atoms with van der Waals surface area (Å²) in [7, 11) is 1.65. The smallest absolute Gasteiger partial charge is 0.497 e. The largest absolute Gasteiger partial charge is 0.524 e. The quantitative estimate of drug-likeness (QED) is 0.683. The molecule has 8 nitrogen and oxygen atoms in total. The van der Waals surface area contributed by atoms with Crippen LogP contribution in [0.4, 0.5) is 0 Å². The second kappa shape index (κ2) is 7.33. The van der Waals surface area contributed by atoms with E-state index in [4.69, 9.17) is 24.4 Å². The Morgan fingerprint density at radius 3 is 2.52 bits per heavy atom. The van der Waals surface area contributed by atoms with Gasteiger partial charge in [-0.15, -0.1) is 0 Å². The van der Waals surface area contributed by atoms with Crippen molar-refractivity contribution in [3.05, 3.63) is 24.3 Å². The molecule has 0 aromatic heterocycles. The van der Waals surface area contributed by atoms with E-state index >= 15 is 0 Å². The highest BCUT2D eigenvalue weighted by molar-refractivity contribution is 8.30. The summed E-state index contributed by atoms with van der Waals surface area (Å²) in [5.41, 5.74) is 2.31. The highest BCUT2D eigenvalue weighted by atomic mass is 32.2.